The van der Waals surface area contributed by atoms with Gasteiger partial charge in [-0.15, -0.1) is 11.3 Å². The minimum absolute atomic E-state index is 0.00430. The number of fused-ring (bicyclic) bond motifs is 2. The SMILES string of the molecule is CC(=O)N1CCN2CC[C@@H](C(=O)N[C@@H](CCC(N)=O)COc3cc(C)cc(CCCCCC(=O)N[C@H](C(=O)N4C[C@H](O)C[C@H]4C(=O)N[C@@H](C)c4ccc(-c5scnc5C)cc4)C(C)(C)C)c3F)C2C(=O)[C@@H](NC(=O)c2cc3cc(C(=O)P(=O)(O)O)ccc3[nH]2)C1. The van der Waals surface area contributed by atoms with Crippen LogP contribution in [0, 0.1) is 31.0 Å². The van der Waals surface area contributed by atoms with Crippen molar-refractivity contribution in [3.8, 4) is 16.2 Å². The largest absolute Gasteiger partial charge is 0.488 e. The van der Waals surface area contributed by atoms with Gasteiger partial charge in [-0.2, -0.15) is 0 Å². The van der Waals surface area contributed by atoms with E-state index in [0.29, 0.717) is 35.9 Å². The molecule has 3 aliphatic rings. The summed E-state index contributed by atoms with van der Waals surface area (Å²) >= 11 is 1.54. The van der Waals surface area contributed by atoms with Crippen molar-refractivity contribution in [1.29, 1.82) is 0 Å². The number of rotatable bonds is 24. The lowest BCUT2D eigenvalue weighted by Crippen LogP contribution is -2.60. The van der Waals surface area contributed by atoms with Gasteiger partial charge in [-0.25, -0.2) is 9.37 Å². The number of likely N-dealkylation sites (tertiary alicyclic amines) is 1. The van der Waals surface area contributed by atoms with Gasteiger partial charge in [0.1, 0.15) is 30.4 Å². The number of carbonyl (C=O) groups excluding carboxylic acids is 9. The van der Waals surface area contributed by atoms with E-state index in [0.717, 1.165) is 21.7 Å². The number of hydrogen-bond acceptors (Lipinski definition) is 15. The van der Waals surface area contributed by atoms with Crippen LogP contribution in [0.15, 0.2) is 66.2 Å². The summed E-state index contributed by atoms with van der Waals surface area (Å²) in [5.74, 6) is -5.90. The summed E-state index contributed by atoms with van der Waals surface area (Å²) in [6, 6.07) is 10.5. The van der Waals surface area contributed by atoms with Crippen LogP contribution in [0.2, 0.25) is 0 Å². The van der Waals surface area contributed by atoms with Crippen LogP contribution >= 0.6 is 18.9 Å². The minimum Gasteiger partial charge on any atom is -0.488 e. The number of H-pyrrole nitrogens is 1. The molecule has 0 saturated carbocycles. The molecule has 8 rings (SSSR count). The van der Waals surface area contributed by atoms with E-state index in [4.69, 9.17) is 10.5 Å². The highest BCUT2D eigenvalue weighted by Crippen LogP contribution is 2.40. The molecule has 8 atom stereocenters. The summed E-state index contributed by atoms with van der Waals surface area (Å²) < 4.78 is 34.0. The number of carbonyl (C=O) groups is 9. The molecule has 3 saturated heterocycles. The Hall–Kier alpha value is -7.74. The van der Waals surface area contributed by atoms with E-state index in [1.807, 2.05) is 58.9 Å². The first-order valence-electron chi connectivity index (χ1n) is 30.1. The fourth-order valence-corrected chi connectivity index (χ4v) is 13.2. The minimum atomic E-state index is -5.10. The van der Waals surface area contributed by atoms with Crippen molar-refractivity contribution in [3.63, 3.8) is 0 Å². The first kappa shape index (κ1) is 68.2. The number of aromatic nitrogens is 2. The van der Waals surface area contributed by atoms with E-state index >= 15 is 4.39 Å². The normalized spacial score (nSPS) is 19.9. The van der Waals surface area contributed by atoms with E-state index in [-0.39, 0.29) is 112 Å². The summed E-state index contributed by atoms with van der Waals surface area (Å²) in [6.45, 7) is 12.4. The molecule has 5 aromatic rings. The second-order valence-corrected chi connectivity index (χ2v) is 27.2. The second-order valence-electron chi connectivity index (χ2n) is 24.8. The van der Waals surface area contributed by atoms with Crippen LogP contribution in [0.25, 0.3) is 21.3 Å². The van der Waals surface area contributed by atoms with Crippen molar-refractivity contribution in [1.82, 2.24) is 45.9 Å². The van der Waals surface area contributed by atoms with E-state index in [2.05, 4.69) is 31.2 Å². The van der Waals surface area contributed by atoms with E-state index in [1.54, 1.807) is 34.7 Å². The van der Waals surface area contributed by atoms with Crippen molar-refractivity contribution in [3.05, 3.63) is 106 Å². The third-order valence-electron chi connectivity index (χ3n) is 16.9. The highest BCUT2D eigenvalue weighted by atomic mass is 32.1. The number of primary amides is 1. The standard InChI is InChI=1S/C63H80FN10O14PS/c1-34-25-40(11-9-8-10-12-52(78)71-57(63(5,6)7)61(83)74-30-44(76)29-49(74)60(82)67-35(2)38-13-15-39(16-14-38)56-36(3)66-33-90-56)53(64)50(26-34)88-32-43(18-20-51(65)77)68-58(80)45-21-22-72-23-24-73(37(4)75)31-48(55(79)54(45)72)70-59(81)47-28-42-27-41(17-19-46(42)69-47)62(84)89(85,86)87/h13-17,19,25-28,33,35,43-45,48-49,54,57,69,76H,8-12,18,20-24,29-32H2,1-7H3,(H2,65,77)(H,67,82)(H,68,80)(H,70,81)(H,71,78)(H2,85,86,87)/t35-,43-,44+,45+,48-,49-,54?,57+/m0/s1. The lowest BCUT2D eigenvalue weighted by Gasteiger charge is -2.37. The Morgan fingerprint density at radius 3 is 2.31 bits per heavy atom. The average Bonchev–Trinajstić information content (AvgIpc) is 1.69. The van der Waals surface area contributed by atoms with E-state index in [9.17, 15) is 62.6 Å². The molecule has 484 valence electrons. The lowest BCUT2D eigenvalue weighted by molar-refractivity contribution is -0.144. The van der Waals surface area contributed by atoms with Crippen LogP contribution in [0.3, 0.4) is 0 Å². The van der Waals surface area contributed by atoms with E-state index < -0.39 is 108 Å². The molecule has 1 unspecified atom stereocenters. The molecule has 3 aliphatic heterocycles. The Balaban J connectivity index is 0.846. The number of benzene rings is 3. The molecule has 90 heavy (non-hydrogen) atoms. The Morgan fingerprint density at radius 2 is 1.64 bits per heavy atom. The van der Waals surface area contributed by atoms with Crippen LogP contribution in [0.4, 0.5) is 4.39 Å². The van der Waals surface area contributed by atoms with Gasteiger partial charge >= 0.3 is 7.60 Å². The number of ether oxygens (including phenoxy) is 1. The molecule has 24 nitrogen and oxygen atoms in total. The average molecular weight is 1280 g/mol. The number of aliphatic hydroxyl groups is 1. The Kier molecular flexibility index (Phi) is 22.0. The number of aliphatic hydroxyl groups excluding tert-OH is 1. The molecule has 2 aromatic heterocycles. The highest BCUT2D eigenvalue weighted by Gasteiger charge is 2.48. The number of nitrogens with zero attached hydrogens (tertiary/aromatic N) is 4. The molecule has 0 aliphatic carbocycles. The van der Waals surface area contributed by atoms with Crippen molar-refractivity contribution >= 4 is 82.5 Å². The van der Waals surface area contributed by atoms with Gasteiger partial charge < -0.3 is 61.4 Å². The first-order chi connectivity index (χ1) is 42.5. The molecule has 3 aromatic carbocycles. The molecule has 0 spiro atoms. The van der Waals surface area contributed by atoms with Crippen molar-refractivity contribution < 1.29 is 71.7 Å². The third kappa shape index (κ3) is 16.8. The smallest absolute Gasteiger partial charge is 0.396 e. The summed E-state index contributed by atoms with van der Waals surface area (Å²) in [5.41, 5.74) is 8.99. The number of aryl methyl sites for hydroxylation is 3. The molecule has 7 amide bonds. The topological polar surface area (TPSA) is 353 Å². The highest BCUT2D eigenvalue weighted by molar-refractivity contribution is 7.70. The van der Waals surface area contributed by atoms with E-state index in [1.165, 1.54) is 47.1 Å². The number of aromatic amines is 1. The number of unbranched alkanes of at least 4 members (excludes halogenated alkanes) is 2. The van der Waals surface area contributed by atoms with Crippen molar-refractivity contribution in [2.75, 3.05) is 39.3 Å². The molecule has 10 N–H and O–H groups in total. The van der Waals surface area contributed by atoms with Crippen LogP contribution < -0.4 is 31.7 Å². The number of thiazole rings is 1. The Morgan fingerprint density at radius 1 is 0.911 bits per heavy atom. The number of halogens is 1. The number of nitrogens with one attached hydrogen (secondary N) is 5. The Labute approximate surface area is 524 Å². The maximum atomic E-state index is 16.3. The fraction of sp³-hybridized carbons (Fsp3) is 0.492. The zero-order chi connectivity index (χ0) is 65.5. The van der Waals surface area contributed by atoms with Gasteiger partial charge in [-0.3, -0.25) is 52.6 Å². The number of amides is 7. The van der Waals surface area contributed by atoms with Crippen LogP contribution in [-0.4, -0.2) is 168 Å². The number of Topliss-reactive ketones (excluding diaryl/α,β-unsaturated/α-hetero) is 1. The molecule has 3 fully saturated rings. The van der Waals surface area contributed by atoms with Gasteiger partial charge in [0.2, 0.25) is 35.4 Å². The third-order valence-corrected chi connectivity index (χ3v) is 18.6. The summed E-state index contributed by atoms with van der Waals surface area (Å²) in [7, 11) is -5.10. The van der Waals surface area contributed by atoms with Crippen LogP contribution in [-0.2, 0) is 44.5 Å². The number of ketones is 1. The molecular weight excluding hydrogens is 1200 g/mol. The molecule has 0 radical (unpaired) electrons. The second kappa shape index (κ2) is 29.0. The van der Waals surface area contributed by atoms with Gasteiger partial charge in [-0.1, -0.05) is 57.5 Å². The lowest BCUT2D eigenvalue weighted by atomic mass is 9.85. The number of nitrogens with two attached hydrogens (primary N) is 1. The molecule has 0 bridgehead atoms. The van der Waals surface area contributed by atoms with Gasteiger partial charge in [0.05, 0.1) is 46.2 Å². The quantitative estimate of drug-likeness (QED) is 0.0293. The molecule has 27 heteroatoms. The van der Waals surface area contributed by atoms with Crippen LogP contribution in [0.1, 0.15) is 135 Å². The Bertz CT molecular complexity index is 3580. The number of hydrogen-bond donors (Lipinski definition) is 9. The first-order valence-corrected chi connectivity index (χ1v) is 32.6. The van der Waals surface area contributed by atoms with Gasteiger partial charge in [0.15, 0.2) is 17.3 Å². The molecular formula is C63H80FN10O14PS. The maximum absolute atomic E-state index is 16.3. The summed E-state index contributed by atoms with van der Waals surface area (Å²) in [5, 5.41) is 22.5. The van der Waals surface area contributed by atoms with Crippen molar-refractivity contribution in [2.45, 2.75) is 149 Å². The maximum Gasteiger partial charge on any atom is 0.396 e. The zero-order valence-electron chi connectivity index (χ0n) is 51.5. The summed E-state index contributed by atoms with van der Waals surface area (Å²) in [6.07, 6.45) is 0.886. The molecule has 5 heterocycles. The predicted octanol–water partition coefficient (Wildman–Crippen LogP) is 4.89. The van der Waals surface area contributed by atoms with Gasteiger partial charge in [0.25, 0.3) is 11.4 Å². The van der Waals surface area contributed by atoms with Crippen LogP contribution in [0.5, 0.6) is 5.75 Å². The monoisotopic (exact) mass is 1280 g/mol. The van der Waals surface area contributed by atoms with Gasteiger partial charge in [-0.05, 0) is 117 Å². The van der Waals surface area contributed by atoms with Crippen molar-refractivity contribution in [2.24, 2.45) is 17.1 Å². The predicted molar refractivity (Wildman–Crippen MR) is 332 cm³/mol. The zero-order valence-corrected chi connectivity index (χ0v) is 53.2. The fourth-order valence-electron chi connectivity index (χ4n) is 11.9. The summed E-state index contributed by atoms with van der Waals surface area (Å²) in [4.78, 5) is 153. The number of β-amino-alcohol motifs (C(OH)–C–C–N with tert-alkyl or cyclic N) is 1. The van der Waals surface area contributed by atoms with Gasteiger partial charge in [0, 0.05) is 68.8 Å².